The van der Waals surface area contributed by atoms with Crippen LogP contribution >= 0.6 is 11.6 Å². The molecule has 1 fully saturated rings. The lowest BCUT2D eigenvalue weighted by Gasteiger charge is -2.36. The lowest BCUT2D eigenvalue weighted by Crippen LogP contribution is -2.50. The number of nitrogens with zero attached hydrogens (tertiary/aromatic N) is 4. The van der Waals surface area contributed by atoms with E-state index in [1.807, 2.05) is 10.9 Å². The van der Waals surface area contributed by atoms with Crippen molar-refractivity contribution in [2.45, 2.75) is 20.4 Å². The largest absolute Gasteiger partial charge is 0.367 e. The van der Waals surface area contributed by atoms with E-state index < -0.39 is 0 Å². The van der Waals surface area contributed by atoms with Crippen molar-refractivity contribution in [3.63, 3.8) is 0 Å². The highest BCUT2D eigenvalue weighted by atomic mass is 35.5. The number of halogens is 2. The van der Waals surface area contributed by atoms with Crippen LogP contribution in [-0.4, -0.2) is 46.9 Å². The van der Waals surface area contributed by atoms with Crippen LogP contribution in [0.2, 0.25) is 5.02 Å². The first-order valence-electron chi connectivity index (χ1n) is 8.71. The predicted octanol–water partition coefficient (Wildman–Crippen LogP) is 3.69. The van der Waals surface area contributed by atoms with Crippen LogP contribution in [0.3, 0.4) is 0 Å². The second-order valence-corrected chi connectivity index (χ2v) is 7.25. The molecule has 1 aromatic heterocycles. The summed E-state index contributed by atoms with van der Waals surface area (Å²) in [4.78, 5) is 16.3. The van der Waals surface area contributed by atoms with Gasteiger partial charge in [-0.25, -0.2) is 9.18 Å². The zero-order valence-electron chi connectivity index (χ0n) is 15.0. The maximum atomic E-state index is 13.2. The van der Waals surface area contributed by atoms with Crippen molar-refractivity contribution in [1.29, 1.82) is 0 Å². The fraction of sp³-hybridized carbons (Fsp3) is 0.444. The molecule has 3 rings (SSSR count). The van der Waals surface area contributed by atoms with Gasteiger partial charge in [0.05, 0.1) is 22.6 Å². The SMILES string of the molecule is CC(C)Cn1cc(NC(=O)N2CCN(c3ccc(F)cc3Cl)CC2)cn1. The molecular weight excluding hydrogens is 357 g/mol. The van der Waals surface area contributed by atoms with Gasteiger partial charge in [0.15, 0.2) is 0 Å². The summed E-state index contributed by atoms with van der Waals surface area (Å²) in [6, 6.07) is 4.25. The van der Waals surface area contributed by atoms with Gasteiger partial charge in [-0.2, -0.15) is 5.10 Å². The van der Waals surface area contributed by atoms with Crippen LogP contribution in [0, 0.1) is 11.7 Å². The number of carbonyl (C=O) groups is 1. The fourth-order valence-electron chi connectivity index (χ4n) is 2.99. The van der Waals surface area contributed by atoms with Gasteiger partial charge in [0.2, 0.25) is 0 Å². The lowest BCUT2D eigenvalue weighted by atomic mass is 10.2. The molecule has 8 heteroatoms. The molecule has 0 aliphatic carbocycles. The Morgan fingerprint density at radius 2 is 2.04 bits per heavy atom. The molecule has 1 aliphatic heterocycles. The molecule has 1 aliphatic rings. The van der Waals surface area contributed by atoms with Crippen LogP contribution in [0.4, 0.5) is 20.6 Å². The number of aromatic nitrogens is 2. The minimum atomic E-state index is -0.352. The van der Waals surface area contributed by atoms with Crippen molar-refractivity contribution >= 4 is 29.0 Å². The van der Waals surface area contributed by atoms with E-state index in [1.165, 1.54) is 12.1 Å². The second-order valence-electron chi connectivity index (χ2n) is 6.84. The molecule has 0 saturated carbocycles. The van der Waals surface area contributed by atoms with Crippen LogP contribution in [0.5, 0.6) is 0 Å². The molecule has 1 N–H and O–H groups in total. The summed E-state index contributed by atoms with van der Waals surface area (Å²) in [5.41, 5.74) is 1.49. The van der Waals surface area contributed by atoms with E-state index in [1.54, 1.807) is 17.2 Å². The van der Waals surface area contributed by atoms with E-state index in [9.17, 15) is 9.18 Å². The molecule has 0 spiro atoms. The van der Waals surface area contributed by atoms with E-state index in [0.29, 0.717) is 42.8 Å². The van der Waals surface area contributed by atoms with Gasteiger partial charge in [0.25, 0.3) is 0 Å². The van der Waals surface area contributed by atoms with E-state index in [0.717, 1.165) is 12.2 Å². The molecule has 2 amide bonds. The number of carbonyl (C=O) groups excluding carboxylic acids is 1. The summed E-state index contributed by atoms with van der Waals surface area (Å²) in [6.07, 6.45) is 3.50. The van der Waals surface area contributed by atoms with Crippen molar-refractivity contribution in [3.05, 3.63) is 41.4 Å². The molecule has 0 unspecified atom stereocenters. The smallest absolute Gasteiger partial charge is 0.322 e. The number of hydrogen-bond acceptors (Lipinski definition) is 3. The third-order valence-electron chi connectivity index (χ3n) is 4.25. The van der Waals surface area contributed by atoms with Crippen LogP contribution in [-0.2, 0) is 6.54 Å². The molecule has 2 heterocycles. The molecule has 6 nitrogen and oxygen atoms in total. The van der Waals surface area contributed by atoms with Crippen LogP contribution < -0.4 is 10.2 Å². The number of nitrogens with one attached hydrogen (secondary N) is 1. The molecule has 140 valence electrons. The third-order valence-corrected chi connectivity index (χ3v) is 4.56. The molecule has 0 bridgehead atoms. The Balaban J connectivity index is 1.54. The molecule has 0 atom stereocenters. The lowest BCUT2D eigenvalue weighted by molar-refractivity contribution is 0.208. The number of amides is 2. The van der Waals surface area contributed by atoms with Crippen molar-refractivity contribution in [2.75, 3.05) is 36.4 Å². The van der Waals surface area contributed by atoms with Crippen LogP contribution in [0.1, 0.15) is 13.8 Å². The van der Waals surface area contributed by atoms with E-state index in [2.05, 4.69) is 29.2 Å². The van der Waals surface area contributed by atoms with Crippen molar-refractivity contribution < 1.29 is 9.18 Å². The average molecular weight is 380 g/mol. The molecule has 0 radical (unpaired) electrons. The van der Waals surface area contributed by atoms with Gasteiger partial charge in [-0.05, 0) is 24.1 Å². The van der Waals surface area contributed by atoms with Crippen molar-refractivity contribution in [3.8, 4) is 0 Å². The van der Waals surface area contributed by atoms with Gasteiger partial charge in [-0.3, -0.25) is 4.68 Å². The first kappa shape index (κ1) is 18.5. The van der Waals surface area contributed by atoms with Gasteiger partial charge in [0, 0.05) is 38.9 Å². The number of benzene rings is 1. The highest BCUT2D eigenvalue weighted by Gasteiger charge is 2.23. The van der Waals surface area contributed by atoms with Gasteiger partial charge >= 0.3 is 6.03 Å². The molecule has 1 saturated heterocycles. The topological polar surface area (TPSA) is 53.4 Å². The zero-order chi connectivity index (χ0) is 18.7. The first-order valence-corrected chi connectivity index (χ1v) is 9.08. The van der Waals surface area contributed by atoms with E-state index in [-0.39, 0.29) is 11.8 Å². The van der Waals surface area contributed by atoms with Gasteiger partial charge in [0.1, 0.15) is 5.82 Å². The Hall–Kier alpha value is -2.28. The Labute approximate surface area is 157 Å². The Morgan fingerprint density at radius 3 is 2.69 bits per heavy atom. The second kappa shape index (κ2) is 7.95. The Kier molecular flexibility index (Phi) is 5.66. The molecule has 1 aromatic carbocycles. The molecular formula is C18H23ClFN5O. The van der Waals surface area contributed by atoms with Crippen LogP contribution in [0.15, 0.2) is 30.6 Å². The Morgan fingerprint density at radius 1 is 1.31 bits per heavy atom. The van der Waals surface area contributed by atoms with Gasteiger partial charge < -0.3 is 15.1 Å². The first-order chi connectivity index (χ1) is 12.4. The van der Waals surface area contributed by atoms with Crippen molar-refractivity contribution in [2.24, 2.45) is 5.92 Å². The number of rotatable bonds is 4. The summed E-state index contributed by atoms with van der Waals surface area (Å²) < 4.78 is 15.0. The van der Waals surface area contributed by atoms with E-state index in [4.69, 9.17) is 11.6 Å². The van der Waals surface area contributed by atoms with E-state index >= 15 is 0 Å². The van der Waals surface area contributed by atoms with Crippen LogP contribution in [0.25, 0.3) is 0 Å². The number of piperazine rings is 1. The molecule has 26 heavy (non-hydrogen) atoms. The average Bonchev–Trinajstić information content (AvgIpc) is 3.01. The standard InChI is InChI=1S/C18H23ClFN5O/c1-13(2)11-25-12-15(10-21-25)22-18(26)24-7-5-23(6-8-24)17-4-3-14(20)9-16(17)19/h3-4,9-10,12-13H,5-8,11H2,1-2H3,(H,22,26). The number of anilines is 2. The summed E-state index contributed by atoms with van der Waals surface area (Å²) in [7, 11) is 0. The fourth-order valence-corrected chi connectivity index (χ4v) is 3.28. The maximum Gasteiger partial charge on any atom is 0.322 e. The predicted molar refractivity (Wildman–Crippen MR) is 101 cm³/mol. The minimum Gasteiger partial charge on any atom is -0.367 e. The minimum absolute atomic E-state index is 0.140. The monoisotopic (exact) mass is 379 g/mol. The van der Waals surface area contributed by atoms with Crippen molar-refractivity contribution in [1.82, 2.24) is 14.7 Å². The quantitative estimate of drug-likeness (QED) is 0.881. The number of urea groups is 1. The highest BCUT2D eigenvalue weighted by Crippen LogP contribution is 2.27. The Bertz CT molecular complexity index is 771. The van der Waals surface area contributed by atoms with Gasteiger partial charge in [-0.15, -0.1) is 0 Å². The summed E-state index contributed by atoms with van der Waals surface area (Å²) in [5, 5.41) is 7.53. The summed E-state index contributed by atoms with van der Waals surface area (Å²) in [6.45, 7) is 7.47. The summed E-state index contributed by atoms with van der Waals surface area (Å²) >= 11 is 6.12. The normalized spacial score (nSPS) is 14.8. The van der Waals surface area contributed by atoms with Gasteiger partial charge in [-0.1, -0.05) is 25.4 Å². The highest BCUT2D eigenvalue weighted by molar-refractivity contribution is 6.33. The zero-order valence-corrected chi connectivity index (χ0v) is 15.7. The molecule has 2 aromatic rings. The third kappa shape index (κ3) is 4.46. The summed E-state index contributed by atoms with van der Waals surface area (Å²) in [5.74, 6) is 0.139. The number of hydrogen-bond donors (Lipinski definition) is 1. The maximum absolute atomic E-state index is 13.2.